The Labute approximate surface area is 165 Å². The third-order valence-electron chi connectivity index (χ3n) is 3.37. The van der Waals surface area contributed by atoms with E-state index in [0.29, 0.717) is 31.2 Å². The molecular weight excluding hydrogens is 434 g/mol. The number of rotatable bonds is 7. The predicted molar refractivity (Wildman–Crippen MR) is 110 cm³/mol. The lowest BCUT2D eigenvalue weighted by Crippen LogP contribution is -2.36. The lowest BCUT2D eigenvalue weighted by atomic mass is 10.1. The first-order valence-electron chi connectivity index (χ1n) is 8.05. The number of halogens is 2. The molecule has 0 radical (unpaired) electrons. The largest absolute Gasteiger partial charge is 0.467 e. The maximum Gasteiger partial charge on any atom is 0.191 e. The lowest BCUT2D eigenvalue weighted by molar-refractivity contribution is 0.392. The zero-order valence-corrected chi connectivity index (χ0v) is 17.2. The molecule has 138 valence electrons. The zero-order valence-electron chi connectivity index (χ0n) is 14.9. The van der Waals surface area contributed by atoms with Gasteiger partial charge in [0.25, 0.3) is 0 Å². The van der Waals surface area contributed by atoms with Crippen LogP contribution in [-0.2, 0) is 19.6 Å². The van der Waals surface area contributed by atoms with E-state index in [9.17, 15) is 4.39 Å². The van der Waals surface area contributed by atoms with Gasteiger partial charge in [-0.2, -0.15) is 0 Å². The molecule has 0 unspecified atom stereocenters. The molecule has 0 saturated carbocycles. The number of nitrogens with one attached hydrogen (secondary N) is 2. The molecular formula is C18H26FIN4O. The number of aliphatic imine (C=N–C) groups is 1. The number of benzene rings is 1. The molecule has 1 heterocycles. The van der Waals surface area contributed by atoms with Gasteiger partial charge in [-0.05, 0) is 50.8 Å². The molecule has 0 spiro atoms. The van der Waals surface area contributed by atoms with Crippen molar-refractivity contribution in [1.82, 2.24) is 15.5 Å². The van der Waals surface area contributed by atoms with Gasteiger partial charge in [0, 0.05) is 18.7 Å². The van der Waals surface area contributed by atoms with Gasteiger partial charge in [0.2, 0.25) is 0 Å². The van der Waals surface area contributed by atoms with Gasteiger partial charge in [0.15, 0.2) is 5.96 Å². The molecule has 2 N–H and O–H groups in total. The van der Waals surface area contributed by atoms with Crippen LogP contribution in [0.1, 0.15) is 23.8 Å². The van der Waals surface area contributed by atoms with Crippen LogP contribution < -0.4 is 10.6 Å². The molecule has 0 bridgehead atoms. The first-order chi connectivity index (χ1) is 11.6. The summed E-state index contributed by atoms with van der Waals surface area (Å²) in [5.74, 6) is 1.36. The quantitative estimate of drug-likeness (QED) is 0.378. The minimum Gasteiger partial charge on any atom is -0.467 e. The highest BCUT2D eigenvalue weighted by atomic mass is 127. The monoisotopic (exact) mass is 460 g/mol. The lowest BCUT2D eigenvalue weighted by Gasteiger charge is -2.12. The summed E-state index contributed by atoms with van der Waals surface area (Å²) in [6.07, 6.45) is 1.64. The number of furan rings is 1. The first-order valence-corrected chi connectivity index (χ1v) is 8.05. The second-order valence-electron chi connectivity index (χ2n) is 5.79. The minimum atomic E-state index is -0.181. The van der Waals surface area contributed by atoms with E-state index in [1.54, 1.807) is 12.3 Å². The van der Waals surface area contributed by atoms with Crippen molar-refractivity contribution in [3.8, 4) is 0 Å². The van der Waals surface area contributed by atoms with Gasteiger partial charge in [-0.1, -0.05) is 6.07 Å². The molecule has 0 fully saturated rings. The molecule has 0 atom stereocenters. The van der Waals surface area contributed by atoms with Gasteiger partial charge >= 0.3 is 0 Å². The highest BCUT2D eigenvalue weighted by Crippen LogP contribution is 2.13. The van der Waals surface area contributed by atoms with Crippen LogP contribution in [0.15, 0.2) is 46.0 Å². The smallest absolute Gasteiger partial charge is 0.191 e. The van der Waals surface area contributed by atoms with Crippen molar-refractivity contribution in [1.29, 1.82) is 0 Å². The van der Waals surface area contributed by atoms with E-state index >= 15 is 0 Å². The number of hydrogen-bond donors (Lipinski definition) is 2. The Bertz CT molecular complexity index is 659. The van der Waals surface area contributed by atoms with Crippen LogP contribution in [-0.4, -0.2) is 31.5 Å². The highest BCUT2D eigenvalue weighted by Gasteiger charge is 2.05. The fourth-order valence-corrected chi connectivity index (χ4v) is 2.28. The number of guanidine groups is 1. The minimum absolute atomic E-state index is 0. The average molecular weight is 460 g/mol. The Morgan fingerprint density at radius 1 is 1.24 bits per heavy atom. The summed E-state index contributed by atoms with van der Waals surface area (Å²) < 4.78 is 19.1. The summed E-state index contributed by atoms with van der Waals surface area (Å²) >= 11 is 0. The Hall–Kier alpha value is -1.61. The molecule has 25 heavy (non-hydrogen) atoms. The zero-order chi connectivity index (χ0) is 17.4. The topological polar surface area (TPSA) is 52.8 Å². The molecule has 0 aliphatic heterocycles. The second-order valence-corrected chi connectivity index (χ2v) is 5.79. The van der Waals surface area contributed by atoms with Crippen LogP contribution in [0.3, 0.4) is 0 Å². The summed E-state index contributed by atoms with van der Waals surface area (Å²) in [5.41, 5.74) is 1.66. The Balaban J connectivity index is 0.00000312. The normalized spacial score (nSPS) is 11.3. The molecule has 7 heteroatoms. The summed E-state index contributed by atoms with van der Waals surface area (Å²) in [5, 5.41) is 6.40. The van der Waals surface area contributed by atoms with Crippen molar-refractivity contribution in [2.24, 2.45) is 4.99 Å². The van der Waals surface area contributed by atoms with Gasteiger partial charge in [0.05, 0.1) is 19.4 Å². The Kier molecular flexibility index (Phi) is 9.51. The molecule has 0 saturated heterocycles. The maximum atomic E-state index is 13.8. The van der Waals surface area contributed by atoms with Crippen LogP contribution >= 0.6 is 24.0 Å². The van der Waals surface area contributed by atoms with Crippen LogP contribution in [0, 0.1) is 5.82 Å². The molecule has 0 aliphatic carbocycles. The summed E-state index contributed by atoms with van der Waals surface area (Å²) in [6, 6.07) is 8.91. The summed E-state index contributed by atoms with van der Waals surface area (Å²) in [7, 11) is 3.85. The number of nitrogens with zero attached hydrogens (tertiary/aromatic N) is 2. The Morgan fingerprint density at radius 2 is 2.04 bits per heavy atom. The molecule has 2 aromatic rings. The van der Waals surface area contributed by atoms with E-state index < -0.39 is 0 Å². The molecule has 1 aromatic carbocycles. The molecule has 1 aromatic heterocycles. The number of hydrogen-bond acceptors (Lipinski definition) is 3. The van der Waals surface area contributed by atoms with Gasteiger partial charge < -0.3 is 20.0 Å². The van der Waals surface area contributed by atoms with Gasteiger partial charge in [-0.3, -0.25) is 0 Å². The maximum absolute atomic E-state index is 13.8. The van der Waals surface area contributed by atoms with Crippen molar-refractivity contribution in [2.45, 2.75) is 26.6 Å². The van der Waals surface area contributed by atoms with Crippen LogP contribution in [0.25, 0.3) is 0 Å². The van der Waals surface area contributed by atoms with Crippen molar-refractivity contribution in [2.75, 3.05) is 20.6 Å². The summed E-state index contributed by atoms with van der Waals surface area (Å²) in [4.78, 5) is 6.49. The predicted octanol–water partition coefficient (Wildman–Crippen LogP) is 3.35. The first kappa shape index (κ1) is 21.4. The van der Waals surface area contributed by atoms with E-state index in [-0.39, 0.29) is 29.8 Å². The molecule has 0 aliphatic rings. The molecule has 0 amide bonds. The fourth-order valence-electron chi connectivity index (χ4n) is 2.28. The van der Waals surface area contributed by atoms with Crippen molar-refractivity contribution >= 4 is 29.9 Å². The third-order valence-corrected chi connectivity index (χ3v) is 3.37. The van der Waals surface area contributed by atoms with Crippen molar-refractivity contribution in [3.63, 3.8) is 0 Å². The standard InChI is InChI=1S/C18H25FN4O.HI/c1-4-20-18(22-12-16-6-5-9-24-16)21-11-14-7-8-17(19)15(10-14)13-23(2)3;/h5-10H,4,11-13H2,1-3H3,(H2,20,21,22);1H. The van der Waals surface area contributed by atoms with E-state index in [4.69, 9.17) is 4.42 Å². The fraction of sp³-hybridized carbons (Fsp3) is 0.389. The van der Waals surface area contributed by atoms with Crippen LogP contribution in [0.4, 0.5) is 4.39 Å². The average Bonchev–Trinajstić information content (AvgIpc) is 3.06. The van der Waals surface area contributed by atoms with E-state index in [0.717, 1.165) is 17.9 Å². The van der Waals surface area contributed by atoms with Crippen LogP contribution in [0.2, 0.25) is 0 Å². The van der Waals surface area contributed by atoms with E-state index in [2.05, 4.69) is 15.6 Å². The third kappa shape index (κ3) is 7.43. The van der Waals surface area contributed by atoms with Gasteiger partial charge in [0.1, 0.15) is 11.6 Å². The Morgan fingerprint density at radius 3 is 2.68 bits per heavy atom. The summed E-state index contributed by atoms with van der Waals surface area (Å²) in [6.45, 7) is 4.39. The van der Waals surface area contributed by atoms with Gasteiger partial charge in [-0.25, -0.2) is 9.38 Å². The molecule has 5 nitrogen and oxygen atoms in total. The van der Waals surface area contributed by atoms with E-state index in [1.807, 2.05) is 44.1 Å². The SMILES string of the molecule is CCNC(=NCc1ccc(F)c(CN(C)C)c1)NCc1ccco1.I. The van der Waals surface area contributed by atoms with E-state index in [1.165, 1.54) is 6.07 Å². The van der Waals surface area contributed by atoms with Crippen molar-refractivity contribution in [3.05, 3.63) is 59.3 Å². The highest BCUT2D eigenvalue weighted by molar-refractivity contribution is 14.0. The van der Waals surface area contributed by atoms with Gasteiger partial charge in [-0.15, -0.1) is 24.0 Å². The van der Waals surface area contributed by atoms with Crippen LogP contribution in [0.5, 0.6) is 0 Å². The van der Waals surface area contributed by atoms with Crippen molar-refractivity contribution < 1.29 is 8.81 Å². The second kappa shape index (κ2) is 11.1. The molecule has 2 rings (SSSR count).